The fourth-order valence-electron chi connectivity index (χ4n) is 2.52. The minimum Gasteiger partial charge on any atom is -0.494 e. The van der Waals surface area contributed by atoms with E-state index in [1.54, 1.807) is 6.08 Å². The Morgan fingerprint density at radius 1 is 1.31 bits per heavy atom. The number of carboxylic acids is 1. The van der Waals surface area contributed by atoms with E-state index in [1.807, 2.05) is 54.1 Å². The zero-order valence-corrected chi connectivity index (χ0v) is 15.5. The lowest BCUT2D eigenvalue weighted by molar-refractivity contribution is -0.140. The Labute approximate surface area is 160 Å². The number of amides is 1. The van der Waals surface area contributed by atoms with Crippen molar-refractivity contribution in [2.24, 2.45) is 0 Å². The highest BCUT2D eigenvalue weighted by molar-refractivity contribution is 8.26. The van der Waals surface area contributed by atoms with Crippen molar-refractivity contribution in [2.45, 2.75) is 6.92 Å². The molecule has 0 radical (unpaired) electrons. The zero-order chi connectivity index (χ0) is 18.7. The van der Waals surface area contributed by atoms with Crippen LogP contribution >= 0.6 is 24.0 Å². The lowest BCUT2D eigenvalue weighted by Gasteiger charge is -2.10. The van der Waals surface area contributed by atoms with Crippen LogP contribution in [0.2, 0.25) is 0 Å². The van der Waals surface area contributed by atoms with Crippen molar-refractivity contribution in [2.75, 3.05) is 13.2 Å². The Hall–Kier alpha value is -2.58. The molecule has 1 aromatic carbocycles. The van der Waals surface area contributed by atoms with E-state index in [9.17, 15) is 9.59 Å². The Bertz CT molecular complexity index is 887. The number of aromatic nitrogens is 1. The number of carbonyl (C=O) groups is 2. The maximum absolute atomic E-state index is 12.4. The first-order valence-electron chi connectivity index (χ1n) is 7.87. The van der Waals surface area contributed by atoms with E-state index >= 15 is 0 Å². The number of carboxylic acid groups (broad SMARTS) is 1. The molecule has 1 aliphatic rings. The molecule has 26 heavy (non-hydrogen) atoms. The van der Waals surface area contributed by atoms with Gasteiger partial charge in [0.2, 0.25) is 0 Å². The number of carbonyl (C=O) groups excluding carboxylic acids is 1. The lowest BCUT2D eigenvalue weighted by atomic mass is 10.3. The smallest absolute Gasteiger partial charge is 0.323 e. The van der Waals surface area contributed by atoms with Crippen molar-refractivity contribution >= 4 is 46.3 Å². The molecule has 1 N–H and O–H groups in total. The first kappa shape index (κ1) is 18.2. The van der Waals surface area contributed by atoms with Crippen LogP contribution in [0.1, 0.15) is 12.6 Å². The normalized spacial score (nSPS) is 15.7. The van der Waals surface area contributed by atoms with E-state index < -0.39 is 12.5 Å². The molecule has 0 aliphatic carbocycles. The first-order valence-corrected chi connectivity index (χ1v) is 9.10. The Balaban J connectivity index is 1.87. The highest BCUT2D eigenvalue weighted by Gasteiger charge is 2.33. The number of thiocarbonyl (C=S) groups is 1. The van der Waals surface area contributed by atoms with E-state index in [1.165, 1.54) is 0 Å². The summed E-state index contributed by atoms with van der Waals surface area (Å²) in [6, 6.07) is 11.4. The predicted octanol–water partition coefficient (Wildman–Crippen LogP) is 3.16. The van der Waals surface area contributed by atoms with Gasteiger partial charge in [-0.05, 0) is 49.4 Å². The predicted molar refractivity (Wildman–Crippen MR) is 104 cm³/mol. The second-order valence-electron chi connectivity index (χ2n) is 5.39. The quantitative estimate of drug-likeness (QED) is 0.605. The van der Waals surface area contributed by atoms with E-state index in [0.717, 1.165) is 33.8 Å². The van der Waals surface area contributed by atoms with Crippen LogP contribution in [0.5, 0.6) is 5.75 Å². The van der Waals surface area contributed by atoms with E-state index in [0.29, 0.717) is 11.5 Å². The van der Waals surface area contributed by atoms with Gasteiger partial charge in [-0.2, -0.15) is 0 Å². The van der Waals surface area contributed by atoms with Crippen LogP contribution in [0.4, 0.5) is 0 Å². The summed E-state index contributed by atoms with van der Waals surface area (Å²) < 4.78 is 7.63. The monoisotopic (exact) mass is 388 g/mol. The van der Waals surface area contributed by atoms with Gasteiger partial charge >= 0.3 is 5.97 Å². The summed E-state index contributed by atoms with van der Waals surface area (Å²) in [5.41, 5.74) is 1.72. The minimum atomic E-state index is -1.10. The van der Waals surface area contributed by atoms with Gasteiger partial charge in [-0.3, -0.25) is 14.5 Å². The number of ether oxygens (including phenoxy) is 1. The van der Waals surface area contributed by atoms with Crippen molar-refractivity contribution in [1.29, 1.82) is 0 Å². The Morgan fingerprint density at radius 2 is 2.04 bits per heavy atom. The van der Waals surface area contributed by atoms with Crippen molar-refractivity contribution in [3.63, 3.8) is 0 Å². The summed E-state index contributed by atoms with van der Waals surface area (Å²) in [5.74, 6) is -0.693. The number of benzene rings is 1. The first-order chi connectivity index (χ1) is 12.5. The molecule has 8 heteroatoms. The van der Waals surface area contributed by atoms with Gasteiger partial charge in [-0.15, -0.1) is 0 Å². The summed E-state index contributed by atoms with van der Waals surface area (Å²) >= 11 is 6.22. The molecule has 3 rings (SSSR count). The molecule has 0 bridgehead atoms. The maximum Gasteiger partial charge on any atom is 0.323 e. The van der Waals surface area contributed by atoms with Gasteiger partial charge in [0.15, 0.2) is 0 Å². The van der Waals surface area contributed by atoms with Crippen molar-refractivity contribution in [1.82, 2.24) is 9.47 Å². The molecule has 1 aliphatic heterocycles. The van der Waals surface area contributed by atoms with Gasteiger partial charge in [0.1, 0.15) is 16.6 Å². The molecule has 1 amide bonds. The van der Waals surface area contributed by atoms with Crippen molar-refractivity contribution < 1.29 is 19.4 Å². The van der Waals surface area contributed by atoms with Crippen LogP contribution in [0.15, 0.2) is 47.5 Å². The van der Waals surface area contributed by atoms with Crippen LogP contribution in [0.25, 0.3) is 11.8 Å². The van der Waals surface area contributed by atoms with Crippen LogP contribution < -0.4 is 4.74 Å². The number of thioether (sulfide) groups is 1. The fourth-order valence-corrected chi connectivity index (χ4v) is 3.76. The third-order valence-electron chi connectivity index (χ3n) is 3.65. The average Bonchev–Trinajstić information content (AvgIpc) is 3.16. The average molecular weight is 388 g/mol. The molecule has 0 saturated carbocycles. The van der Waals surface area contributed by atoms with Crippen LogP contribution in [0.3, 0.4) is 0 Å². The number of hydrogen-bond donors (Lipinski definition) is 1. The summed E-state index contributed by atoms with van der Waals surface area (Å²) in [6.45, 7) is 2.10. The van der Waals surface area contributed by atoms with Gasteiger partial charge in [0.25, 0.3) is 5.91 Å². The van der Waals surface area contributed by atoms with Crippen LogP contribution in [-0.4, -0.2) is 43.9 Å². The molecule has 0 atom stereocenters. The number of nitrogens with zero attached hydrogens (tertiary/aromatic N) is 2. The highest BCUT2D eigenvalue weighted by Crippen LogP contribution is 2.32. The van der Waals surface area contributed by atoms with Crippen LogP contribution in [-0.2, 0) is 9.59 Å². The standard InChI is InChI=1S/C18H16N2O4S2/c1-2-24-14-7-5-12(6-8-14)19-9-3-4-13(19)10-15-17(23)20(11-16(21)22)18(25)26-15/h3-10H,2,11H2,1H3,(H,21,22)/b15-10-. The molecular formula is C18H16N2O4S2. The SMILES string of the molecule is CCOc1ccc(-n2cccc2/C=C2\SC(=S)N(CC(=O)O)C2=O)cc1. The molecule has 134 valence electrons. The van der Waals surface area contributed by atoms with E-state index in [4.69, 9.17) is 22.1 Å². The molecule has 1 aromatic heterocycles. The third kappa shape index (κ3) is 3.81. The Kier molecular flexibility index (Phi) is 5.43. The topological polar surface area (TPSA) is 71.8 Å². The van der Waals surface area contributed by atoms with Gasteiger partial charge < -0.3 is 14.4 Å². The zero-order valence-electron chi connectivity index (χ0n) is 13.9. The van der Waals surface area contributed by atoms with E-state index in [-0.39, 0.29) is 10.2 Å². The molecule has 1 saturated heterocycles. The number of rotatable bonds is 6. The molecule has 2 aromatic rings. The lowest BCUT2D eigenvalue weighted by Crippen LogP contribution is -2.33. The van der Waals surface area contributed by atoms with Gasteiger partial charge in [-0.25, -0.2) is 0 Å². The molecule has 2 heterocycles. The fraction of sp³-hybridized carbons (Fsp3) is 0.167. The minimum absolute atomic E-state index is 0.253. The van der Waals surface area contributed by atoms with Crippen LogP contribution in [0, 0.1) is 0 Å². The van der Waals surface area contributed by atoms with Crippen molar-refractivity contribution in [3.8, 4) is 11.4 Å². The second kappa shape index (κ2) is 7.76. The summed E-state index contributed by atoms with van der Waals surface area (Å²) in [5, 5.41) is 8.91. The molecule has 0 spiro atoms. The van der Waals surface area contributed by atoms with Gasteiger partial charge in [0.05, 0.1) is 11.5 Å². The maximum atomic E-state index is 12.4. The highest BCUT2D eigenvalue weighted by atomic mass is 32.2. The van der Waals surface area contributed by atoms with Gasteiger partial charge in [0, 0.05) is 17.6 Å². The largest absolute Gasteiger partial charge is 0.494 e. The number of hydrogen-bond acceptors (Lipinski definition) is 5. The summed E-state index contributed by atoms with van der Waals surface area (Å²) in [6.07, 6.45) is 3.61. The molecule has 6 nitrogen and oxygen atoms in total. The summed E-state index contributed by atoms with van der Waals surface area (Å²) in [4.78, 5) is 24.8. The second-order valence-corrected chi connectivity index (χ2v) is 7.07. The third-order valence-corrected chi connectivity index (χ3v) is 5.03. The number of aliphatic carboxylic acids is 1. The van der Waals surface area contributed by atoms with Crippen molar-refractivity contribution in [3.05, 3.63) is 53.2 Å². The molecule has 1 fully saturated rings. The van der Waals surface area contributed by atoms with E-state index in [2.05, 4.69) is 0 Å². The Morgan fingerprint density at radius 3 is 2.69 bits per heavy atom. The van der Waals surface area contributed by atoms with Gasteiger partial charge in [-0.1, -0.05) is 24.0 Å². The molecular weight excluding hydrogens is 372 g/mol. The molecule has 0 unspecified atom stereocenters. The summed E-state index contributed by atoms with van der Waals surface area (Å²) in [7, 11) is 0.